The fourth-order valence-corrected chi connectivity index (χ4v) is 2.21. The van der Waals surface area contributed by atoms with E-state index in [1.165, 1.54) is 24.3 Å². The number of anilines is 2. The van der Waals surface area contributed by atoms with Crippen molar-refractivity contribution in [3.8, 4) is 0 Å². The predicted molar refractivity (Wildman–Crippen MR) is 74.8 cm³/mol. The lowest BCUT2D eigenvalue weighted by Gasteiger charge is -2.19. The molecule has 0 radical (unpaired) electrons. The number of esters is 1. The number of primary amides is 1. The summed E-state index contributed by atoms with van der Waals surface area (Å²) < 4.78 is 4.64. The molecule has 1 atom stereocenters. The van der Waals surface area contributed by atoms with E-state index in [4.69, 9.17) is 5.73 Å². The van der Waals surface area contributed by atoms with E-state index in [0.717, 1.165) is 0 Å². The molecule has 0 aliphatic carbocycles. The number of carbonyl (C=O) groups is 3. The average molecular weight is 292 g/mol. The van der Waals surface area contributed by atoms with Crippen LogP contribution in [0.15, 0.2) is 12.3 Å². The van der Waals surface area contributed by atoms with Gasteiger partial charge in [-0.1, -0.05) is 0 Å². The third-order valence-corrected chi connectivity index (χ3v) is 3.34. The van der Waals surface area contributed by atoms with Crippen molar-refractivity contribution in [2.24, 2.45) is 11.7 Å². The highest BCUT2D eigenvalue weighted by Gasteiger charge is 2.35. The van der Waals surface area contributed by atoms with Gasteiger partial charge in [-0.05, 0) is 6.07 Å². The van der Waals surface area contributed by atoms with Crippen molar-refractivity contribution >= 4 is 29.3 Å². The van der Waals surface area contributed by atoms with Gasteiger partial charge in [0.25, 0.3) is 0 Å². The van der Waals surface area contributed by atoms with Gasteiger partial charge < -0.3 is 20.7 Å². The van der Waals surface area contributed by atoms with Crippen LogP contribution in [-0.4, -0.2) is 43.5 Å². The summed E-state index contributed by atoms with van der Waals surface area (Å²) in [5.74, 6) is -1.41. The van der Waals surface area contributed by atoms with E-state index >= 15 is 0 Å². The third-order valence-electron chi connectivity index (χ3n) is 3.34. The van der Waals surface area contributed by atoms with Crippen molar-refractivity contribution in [3.05, 3.63) is 17.8 Å². The number of pyridine rings is 1. The summed E-state index contributed by atoms with van der Waals surface area (Å²) in [5.41, 5.74) is 5.90. The quantitative estimate of drug-likeness (QED) is 0.739. The molecule has 1 aromatic rings. The average Bonchev–Trinajstić information content (AvgIpc) is 2.87. The van der Waals surface area contributed by atoms with E-state index in [2.05, 4.69) is 15.0 Å². The van der Waals surface area contributed by atoms with E-state index in [1.54, 1.807) is 7.05 Å². The maximum absolute atomic E-state index is 12.1. The Labute approximate surface area is 121 Å². The fourth-order valence-electron chi connectivity index (χ4n) is 2.21. The van der Waals surface area contributed by atoms with Crippen LogP contribution in [0, 0.1) is 5.92 Å². The Morgan fingerprint density at radius 3 is 2.76 bits per heavy atom. The smallest absolute Gasteiger partial charge is 0.339 e. The summed E-state index contributed by atoms with van der Waals surface area (Å²) in [4.78, 5) is 40.4. The highest BCUT2D eigenvalue weighted by Crippen LogP contribution is 2.30. The number of carbonyl (C=O) groups excluding carboxylic acids is 3. The minimum absolute atomic E-state index is 0.0565. The Bertz CT molecular complexity index is 602. The Morgan fingerprint density at radius 2 is 2.24 bits per heavy atom. The topological polar surface area (TPSA) is 115 Å². The molecule has 1 aliphatic heterocycles. The molecular formula is C13H16N4O4. The Balaban J connectivity index is 2.39. The van der Waals surface area contributed by atoms with Gasteiger partial charge in [0, 0.05) is 26.2 Å². The SMILES string of the molecule is CNc1ncc(C(=O)OC)cc1N1CC(C(N)=O)CC1=O. The molecule has 1 saturated heterocycles. The number of hydrogen-bond donors (Lipinski definition) is 2. The lowest BCUT2D eigenvalue weighted by Crippen LogP contribution is -2.29. The molecule has 8 heteroatoms. The molecule has 112 valence electrons. The second-order valence-corrected chi connectivity index (χ2v) is 4.64. The molecule has 0 saturated carbocycles. The molecule has 0 spiro atoms. The van der Waals surface area contributed by atoms with E-state index in [-0.39, 0.29) is 24.4 Å². The molecule has 21 heavy (non-hydrogen) atoms. The molecule has 1 unspecified atom stereocenters. The number of hydrogen-bond acceptors (Lipinski definition) is 6. The van der Waals surface area contributed by atoms with Gasteiger partial charge in [-0.25, -0.2) is 9.78 Å². The zero-order valence-corrected chi connectivity index (χ0v) is 11.8. The second kappa shape index (κ2) is 5.78. The van der Waals surface area contributed by atoms with Crippen LogP contribution in [-0.2, 0) is 14.3 Å². The summed E-state index contributed by atoms with van der Waals surface area (Å²) in [6, 6.07) is 1.51. The van der Waals surface area contributed by atoms with Crippen LogP contribution in [0.5, 0.6) is 0 Å². The highest BCUT2D eigenvalue weighted by atomic mass is 16.5. The molecule has 1 aliphatic rings. The van der Waals surface area contributed by atoms with Gasteiger partial charge in [0.2, 0.25) is 11.8 Å². The van der Waals surface area contributed by atoms with Crippen molar-refractivity contribution < 1.29 is 19.1 Å². The first-order chi connectivity index (χ1) is 9.97. The van der Waals surface area contributed by atoms with Gasteiger partial charge >= 0.3 is 5.97 Å². The predicted octanol–water partition coefficient (Wildman–Crippen LogP) is -0.252. The maximum atomic E-state index is 12.1. The molecule has 1 fully saturated rings. The molecule has 1 aromatic heterocycles. The summed E-state index contributed by atoms with van der Waals surface area (Å²) in [7, 11) is 2.91. The zero-order chi connectivity index (χ0) is 15.6. The molecular weight excluding hydrogens is 276 g/mol. The minimum atomic E-state index is -0.551. The van der Waals surface area contributed by atoms with Crippen molar-refractivity contribution in [2.75, 3.05) is 30.9 Å². The first kappa shape index (κ1) is 14.8. The molecule has 0 bridgehead atoms. The largest absolute Gasteiger partial charge is 0.465 e. The number of nitrogens with zero attached hydrogens (tertiary/aromatic N) is 2. The maximum Gasteiger partial charge on any atom is 0.339 e. The number of ether oxygens (including phenoxy) is 1. The Hall–Kier alpha value is -2.64. The van der Waals surface area contributed by atoms with Gasteiger partial charge in [0.1, 0.15) is 5.82 Å². The van der Waals surface area contributed by atoms with Gasteiger partial charge in [0.15, 0.2) is 0 Å². The van der Waals surface area contributed by atoms with Crippen LogP contribution in [0.1, 0.15) is 16.8 Å². The van der Waals surface area contributed by atoms with Crippen LogP contribution in [0.4, 0.5) is 11.5 Å². The highest BCUT2D eigenvalue weighted by molar-refractivity contribution is 6.03. The Morgan fingerprint density at radius 1 is 1.52 bits per heavy atom. The zero-order valence-electron chi connectivity index (χ0n) is 11.8. The first-order valence-corrected chi connectivity index (χ1v) is 6.33. The summed E-state index contributed by atoms with van der Waals surface area (Å²) in [5, 5.41) is 2.85. The third kappa shape index (κ3) is 2.78. The molecule has 3 N–H and O–H groups in total. The Kier molecular flexibility index (Phi) is 4.06. The lowest BCUT2D eigenvalue weighted by molar-refractivity contribution is -0.123. The molecule has 0 aromatic carbocycles. The van der Waals surface area contributed by atoms with Crippen molar-refractivity contribution in [2.45, 2.75) is 6.42 Å². The van der Waals surface area contributed by atoms with Gasteiger partial charge in [-0.2, -0.15) is 0 Å². The number of methoxy groups -OCH3 is 1. The number of nitrogens with one attached hydrogen (secondary N) is 1. The lowest BCUT2D eigenvalue weighted by atomic mass is 10.1. The molecule has 2 heterocycles. The monoisotopic (exact) mass is 292 g/mol. The second-order valence-electron chi connectivity index (χ2n) is 4.64. The van der Waals surface area contributed by atoms with Crippen LogP contribution in [0.2, 0.25) is 0 Å². The van der Waals surface area contributed by atoms with Gasteiger partial charge in [-0.3, -0.25) is 9.59 Å². The number of amides is 2. The van der Waals surface area contributed by atoms with Gasteiger partial charge in [-0.15, -0.1) is 0 Å². The first-order valence-electron chi connectivity index (χ1n) is 6.33. The summed E-state index contributed by atoms with van der Waals surface area (Å²) in [6.45, 7) is 0.176. The molecule has 2 rings (SSSR count). The van der Waals surface area contributed by atoms with E-state index in [1.807, 2.05) is 0 Å². The number of aromatic nitrogens is 1. The van der Waals surface area contributed by atoms with E-state index in [0.29, 0.717) is 11.5 Å². The van der Waals surface area contributed by atoms with Gasteiger partial charge in [0.05, 0.1) is 24.3 Å². The standard InChI is InChI=1S/C13H16N4O4/c1-15-12-9(3-7(5-16-12)13(20)21-2)17-6-8(11(14)19)4-10(17)18/h3,5,8H,4,6H2,1-2H3,(H2,14,19)(H,15,16). The number of nitrogens with two attached hydrogens (primary N) is 1. The van der Waals surface area contributed by atoms with E-state index < -0.39 is 17.8 Å². The van der Waals surface area contributed by atoms with Crippen molar-refractivity contribution in [1.82, 2.24) is 4.98 Å². The van der Waals surface area contributed by atoms with Crippen LogP contribution in [0.3, 0.4) is 0 Å². The summed E-state index contributed by atoms with van der Waals surface area (Å²) >= 11 is 0. The molecule has 2 amide bonds. The van der Waals surface area contributed by atoms with Crippen LogP contribution in [0.25, 0.3) is 0 Å². The normalized spacial score (nSPS) is 17.7. The van der Waals surface area contributed by atoms with Crippen molar-refractivity contribution in [1.29, 1.82) is 0 Å². The minimum Gasteiger partial charge on any atom is -0.465 e. The fraction of sp³-hybridized carbons (Fsp3) is 0.385. The van der Waals surface area contributed by atoms with Crippen LogP contribution < -0.4 is 16.0 Å². The molecule has 8 nitrogen and oxygen atoms in total. The summed E-state index contributed by atoms with van der Waals surface area (Å²) in [6.07, 6.45) is 1.41. The van der Waals surface area contributed by atoms with E-state index in [9.17, 15) is 14.4 Å². The van der Waals surface area contributed by atoms with Crippen molar-refractivity contribution in [3.63, 3.8) is 0 Å². The number of rotatable bonds is 4. The van der Waals surface area contributed by atoms with Crippen LogP contribution >= 0.6 is 0 Å².